The number of halogens is 1. The highest BCUT2D eigenvalue weighted by molar-refractivity contribution is 6.06. The molecule has 4 aliphatic heterocycles. The van der Waals surface area contributed by atoms with Gasteiger partial charge in [0, 0.05) is 75.1 Å². The van der Waals surface area contributed by atoms with E-state index in [1.807, 2.05) is 53.1 Å². The number of benzene rings is 2. The fourth-order valence-corrected chi connectivity index (χ4v) is 7.99. The SMILES string of the molecule is Cc1c(-c2ccc(N3CCCC3=O)cc2C#CC2CCN(c3ccc(C4CCC(=O)NC4=O)cc3F)CC2)ccnc1N1CCN(c2cccnc2)C1=O. The number of rotatable bonds is 6. The first-order valence-electron chi connectivity index (χ1n) is 18.5. The molecule has 12 heteroatoms. The normalized spacial score (nSPS) is 19.3. The molecule has 1 N–H and O–H groups in total. The largest absolute Gasteiger partial charge is 0.369 e. The van der Waals surface area contributed by atoms with Gasteiger partial charge >= 0.3 is 6.03 Å². The van der Waals surface area contributed by atoms with Crippen molar-refractivity contribution in [3.05, 3.63) is 95.7 Å². The molecule has 1 unspecified atom stereocenters. The van der Waals surface area contributed by atoms with E-state index in [1.165, 1.54) is 6.07 Å². The minimum absolute atomic E-state index is 0.0757. The molecule has 0 bridgehead atoms. The van der Waals surface area contributed by atoms with E-state index in [2.05, 4.69) is 27.1 Å². The number of carbonyl (C=O) groups excluding carboxylic acids is 4. The zero-order valence-corrected chi connectivity index (χ0v) is 30.1. The van der Waals surface area contributed by atoms with Gasteiger partial charge in [0.15, 0.2) is 0 Å². The van der Waals surface area contributed by atoms with Crippen molar-refractivity contribution in [1.29, 1.82) is 0 Å². The molecule has 6 heterocycles. The Hall–Kier alpha value is -6.09. The third-order valence-electron chi connectivity index (χ3n) is 10.9. The first-order chi connectivity index (χ1) is 26.2. The molecular weight excluding hydrogens is 686 g/mol. The third-order valence-corrected chi connectivity index (χ3v) is 10.9. The average Bonchev–Trinajstić information content (AvgIpc) is 3.79. The van der Waals surface area contributed by atoms with E-state index in [4.69, 9.17) is 0 Å². The van der Waals surface area contributed by atoms with Crippen LogP contribution in [0.1, 0.15) is 61.1 Å². The monoisotopic (exact) mass is 725 g/mol. The molecule has 11 nitrogen and oxygen atoms in total. The Morgan fingerprint density at radius 1 is 0.815 bits per heavy atom. The number of hydrogen-bond donors (Lipinski definition) is 1. The van der Waals surface area contributed by atoms with Crippen molar-refractivity contribution >= 4 is 46.6 Å². The van der Waals surface area contributed by atoms with Crippen LogP contribution >= 0.6 is 0 Å². The van der Waals surface area contributed by atoms with Crippen molar-refractivity contribution in [2.75, 3.05) is 52.3 Å². The molecule has 2 aromatic heterocycles. The molecule has 0 spiro atoms. The lowest BCUT2D eigenvalue weighted by molar-refractivity contribution is -0.134. The van der Waals surface area contributed by atoms with Crippen molar-refractivity contribution in [3.63, 3.8) is 0 Å². The number of piperidine rings is 2. The highest BCUT2D eigenvalue weighted by atomic mass is 19.1. The molecule has 1 atom stereocenters. The maximum atomic E-state index is 15.4. The van der Waals surface area contributed by atoms with Gasteiger partial charge in [-0.25, -0.2) is 14.2 Å². The number of amides is 5. The predicted molar refractivity (Wildman–Crippen MR) is 204 cm³/mol. The smallest absolute Gasteiger partial charge is 0.330 e. The molecule has 4 saturated heterocycles. The second kappa shape index (κ2) is 14.7. The van der Waals surface area contributed by atoms with Crippen molar-refractivity contribution < 1.29 is 23.6 Å². The molecule has 8 rings (SSSR count). The highest BCUT2D eigenvalue weighted by Crippen LogP contribution is 2.36. The lowest BCUT2D eigenvalue weighted by atomic mass is 9.90. The number of anilines is 4. The fourth-order valence-electron chi connectivity index (χ4n) is 7.99. The predicted octanol–water partition coefficient (Wildman–Crippen LogP) is 5.95. The summed E-state index contributed by atoms with van der Waals surface area (Å²) in [5.41, 5.74) is 6.05. The fraction of sp³-hybridized carbons (Fsp3) is 0.333. The molecule has 0 radical (unpaired) electrons. The van der Waals surface area contributed by atoms with Gasteiger partial charge in [-0.05, 0) is 97.3 Å². The maximum Gasteiger partial charge on any atom is 0.330 e. The van der Waals surface area contributed by atoms with Gasteiger partial charge < -0.3 is 9.80 Å². The van der Waals surface area contributed by atoms with E-state index in [9.17, 15) is 19.2 Å². The number of carbonyl (C=O) groups is 4. The number of imide groups is 1. The molecule has 4 aliphatic rings. The zero-order valence-electron chi connectivity index (χ0n) is 30.1. The van der Waals surface area contributed by atoms with Crippen LogP contribution in [-0.4, -0.2) is 66.4 Å². The van der Waals surface area contributed by atoms with Crippen LogP contribution in [0, 0.1) is 30.5 Å². The van der Waals surface area contributed by atoms with Gasteiger partial charge in [0.1, 0.15) is 11.6 Å². The Kier molecular flexibility index (Phi) is 9.54. The Balaban J connectivity index is 1.03. The second-order valence-corrected chi connectivity index (χ2v) is 14.2. The molecule has 0 saturated carbocycles. The van der Waals surface area contributed by atoms with Gasteiger partial charge in [-0.3, -0.25) is 34.5 Å². The van der Waals surface area contributed by atoms with E-state index < -0.39 is 5.92 Å². The number of pyridine rings is 2. The van der Waals surface area contributed by atoms with Crippen LogP contribution in [0.5, 0.6) is 0 Å². The van der Waals surface area contributed by atoms with Crippen LogP contribution in [0.4, 0.5) is 32.1 Å². The summed E-state index contributed by atoms with van der Waals surface area (Å²) in [7, 11) is 0. The summed E-state index contributed by atoms with van der Waals surface area (Å²) < 4.78 is 15.4. The Labute approximate surface area is 313 Å². The van der Waals surface area contributed by atoms with Gasteiger partial charge in [-0.1, -0.05) is 24.0 Å². The standard InChI is InChI=1S/C42H40FN7O4/c1-27-33(14-18-45-40(27)50-23-22-49(42(50)54)32-4-2-17-44-26-32)34-10-9-31(48-19-3-5-39(48)52)24-29(34)7-6-28-15-20-47(21-16-28)37-12-8-30(25-36(37)43)35-11-13-38(51)46-41(35)53/h2,4,8-10,12,14,17-18,24-26,28,35H,3,5,11,13,15-16,19-23H2,1H3,(H,46,51,53). The van der Waals surface area contributed by atoms with Crippen molar-refractivity contribution in [3.8, 4) is 23.0 Å². The molecule has 5 amide bonds. The molecule has 2 aromatic carbocycles. The molecule has 4 fully saturated rings. The van der Waals surface area contributed by atoms with E-state index in [0.29, 0.717) is 62.6 Å². The summed E-state index contributed by atoms with van der Waals surface area (Å²) >= 11 is 0. The zero-order chi connectivity index (χ0) is 37.3. The van der Waals surface area contributed by atoms with Gasteiger partial charge in [0.25, 0.3) is 0 Å². The molecule has 4 aromatic rings. The van der Waals surface area contributed by atoms with Crippen LogP contribution in [-0.2, 0) is 14.4 Å². The first-order valence-corrected chi connectivity index (χ1v) is 18.5. The van der Waals surface area contributed by atoms with Crippen LogP contribution in [0.2, 0.25) is 0 Å². The minimum Gasteiger partial charge on any atom is -0.369 e. The lowest BCUT2D eigenvalue weighted by Crippen LogP contribution is -2.39. The summed E-state index contributed by atoms with van der Waals surface area (Å²) in [6.07, 6.45) is 8.51. The Bertz CT molecular complexity index is 2210. The number of aromatic nitrogens is 2. The summed E-state index contributed by atoms with van der Waals surface area (Å²) in [4.78, 5) is 66.3. The molecule has 0 aliphatic carbocycles. The Morgan fingerprint density at radius 2 is 1.65 bits per heavy atom. The minimum atomic E-state index is -0.535. The molecular formula is C42H40FN7O4. The van der Waals surface area contributed by atoms with Crippen molar-refractivity contribution in [1.82, 2.24) is 15.3 Å². The molecule has 274 valence electrons. The Morgan fingerprint density at radius 3 is 2.39 bits per heavy atom. The van der Waals surface area contributed by atoms with E-state index in [-0.39, 0.29) is 41.9 Å². The maximum absolute atomic E-state index is 15.4. The number of urea groups is 1. The molecule has 54 heavy (non-hydrogen) atoms. The quantitative estimate of drug-likeness (QED) is 0.193. The van der Waals surface area contributed by atoms with E-state index in [1.54, 1.807) is 40.5 Å². The lowest BCUT2D eigenvalue weighted by Gasteiger charge is -2.32. The third kappa shape index (κ3) is 6.77. The van der Waals surface area contributed by atoms with Crippen molar-refractivity contribution in [2.24, 2.45) is 5.92 Å². The van der Waals surface area contributed by atoms with Gasteiger partial charge in [-0.2, -0.15) is 0 Å². The number of hydrogen-bond acceptors (Lipinski definition) is 7. The van der Waals surface area contributed by atoms with Gasteiger partial charge in [0.2, 0.25) is 17.7 Å². The van der Waals surface area contributed by atoms with E-state index >= 15 is 4.39 Å². The van der Waals surface area contributed by atoms with Crippen molar-refractivity contribution in [2.45, 2.75) is 51.4 Å². The van der Waals surface area contributed by atoms with Crippen LogP contribution in [0.25, 0.3) is 11.1 Å². The summed E-state index contributed by atoms with van der Waals surface area (Å²) in [6.45, 7) is 4.88. The number of nitrogens with zero attached hydrogens (tertiary/aromatic N) is 6. The van der Waals surface area contributed by atoms with Crippen LogP contribution < -0.4 is 24.9 Å². The topological polar surface area (TPSA) is 119 Å². The van der Waals surface area contributed by atoms with E-state index in [0.717, 1.165) is 52.9 Å². The van der Waals surface area contributed by atoms with Crippen LogP contribution in [0.3, 0.4) is 0 Å². The summed E-state index contributed by atoms with van der Waals surface area (Å²) in [5.74, 6) is 6.15. The summed E-state index contributed by atoms with van der Waals surface area (Å²) in [6, 6.07) is 16.4. The number of nitrogens with one attached hydrogen (secondary N) is 1. The highest BCUT2D eigenvalue weighted by Gasteiger charge is 2.33. The second-order valence-electron chi connectivity index (χ2n) is 14.2. The van der Waals surface area contributed by atoms with Gasteiger partial charge in [0.05, 0.1) is 23.5 Å². The first kappa shape index (κ1) is 35.0. The summed E-state index contributed by atoms with van der Waals surface area (Å²) in [5, 5.41) is 2.35. The van der Waals surface area contributed by atoms with Crippen LogP contribution in [0.15, 0.2) is 73.2 Å². The average molecular weight is 726 g/mol. The van der Waals surface area contributed by atoms with Gasteiger partial charge in [-0.15, -0.1) is 0 Å².